The van der Waals surface area contributed by atoms with E-state index in [4.69, 9.17) is 9.88 Å². The van der Waals surface area contributed by atoms with Crippen molar-refractivity contribution in [3.63, 3.8) is 0 Å². The van der Waals surface area contributed by atoms with Gasteiger partial charge in [0.15, 0.2) is 5.96 Å². The maximum atomic E-state index is 11.4. The lowest BCUT2D eigenvalue weighted by Crippen LogP contribution is -2.60. The van der Waals surface area contributed by atoms with Crippen LogP contribution in [0.5, 0.6) is 0 Å². The molecule has 0 atom stereocenters. The second kappa shape index (κ2) is 9.88. The molecular weight excluding hydrogens is 390 g/mol. The summed E-state index contributed by atoms with van der Waals surface area (Å²) in [6.07, 6.45) is 6.24. The monoisotopic (exact) mass is 423 g/mol. The van der Waals surface area contributed by atoms with Gasteiger partial charge in [0.1, 0.15) is 0 Å². The molecule has 29 heavy (non-hydrogen) atoms. The zero-order valence-corrected chi connectivity index (χ0v) is 18.0. The minimum atomic E-state index is -3.66. The molecule has 1 saturated heterocycles. The van der Waals surface area contributed by atoms with Crippen molar-refractivity contribution in [2.45, 2.75) is 49.1 Å². The molecule has 2 fully saturated rings. The normalized spacial score (nSPS) is 21.0. The molecule has 0 unspecified atom stereocenters. The summed E-state index contributed by atoms with van der Waals surface area (Å²) < 4.78 is 28.3. The molecule has 2 aliphatic rings. The van der Waals surface area contributed by atoms with Crippen molar-refractivity contribution in [3.8, 4) is 0 Å². The number of primary sulfonamides is 1. The largest absolute Gasteiger partial charge is 0.379 e. The number of nitrogens with zero attached hydrogens (tertiary/aromatic N) is 2. The Morgan fingerprint density at radius 1 is 1.14 bits per heavy atom. The molecule has 1 aromatic carbocycles. The molecular formula is C20H33N5O3S. The van der Waals surface area contributed by atoms with E-state index in [-0.39, 0.29) is 10.4 Å². The first kappa shape index (κ1) is 22.0. The molecule has 162 valence electrons. The molecule has 0 bridgehead atoms. The van der Waals surface area contributed by atoms with E-state index < -0.39 is 10.0 Å². The molecule has 0 spiro atoms. The van der Waals surface area contributed by atoms with Crippen LogP contribution >= 0.6 is 0 Å². The van der Waals surface area contributed by atoms with Crippen molar-refractivity contribution in [1.82, 2.24) is 15.5 Å². The van der Waals surface area contributed by atoms with Crippen molar-refractivity contribution in [2.24, 2.45) is 10.1 Å². The van der Waals surface area contributed by atoms with Crippen LogP contribution in [0.2, 0.25) is 0 Å². The number of nitrogens with two attached hydrogens (primary N) is 1. The Balaban J connectivity index is 1.57. The molecule has 9 heteroatoms. The number of sulfonamides is 1. The third kappa shape index (κ3) is 5.91. The predicted octanol–water partition coefficient (Wildman–Crippen LogP) is 1.03. The third-order valence-corrected chi connectivity index (χ3v) is 6.92. The Morgan fingerprint density at radius 3 is 2.38 bits per heavy atom. The lowest BCUT2D eigenvalue weighted by molar-refractivity contribution is -0.0352. The van der Waals surface area contributed by atoms with Crippen LogP contribution in [-0.4, -0.2) is 64.7 Å². The smallest absolute Gasteiger partial charge is 0.238 e. The number of ether oxygens (including phenoxy) is 1. The van der Waals surface area contributed by atoms with Gasteiger partial charge in [-0.3, -0.25) is 9.89 Å². The Bertz CT molecular complexity index is 783. The van der Waals surface area contributed by atoms with Crippen molar-refractivity contribution in [2.75, 3.05) is 39.9 Å². The second-order valence-corrected chi connectivity index (χ2v) is 9.41. The highest BCUT2D eigenvalue weighted by molar-refractivity contribution is 7.89. The summed E-state index contributed by atoms with van der Waals surface area (Å²) in [5, 5.41) is 12.0. The number of rotatable bonds is 6. The maximum Gasteiger partial charge on any atom is 0.238 e. The molecule has 1 aliphatic heterocycles. The van der Waals surface area contributed by atoms with Gasteiger partial charge >= 0.3 is 0 Å². The molecule has 0 aromatic heterocycles. The molecule has 3 rings (SSSR count). The van der Waals surface area contributed by atoms with E-state index in [1.54, 1.807) is 19.2 Å². The number of guanidine groups is 1. The van der Waals surface area contributed by atoms with Gasteiger partial charge in [-0.25, -0.2) is 13.6 Å². The Morgan fingerprint density at radius 2 is 1.79 bits per heavy atom. The zero-order chi connectivity index (χ0) is 20.7. The summed E-state index contributed by atoms with van der Waals surface area (Å²) in [5.74, 6) is 0.749. The number of aliphatic imine (C=N–C) groups is 1. The summed E-state index contributed by atoms with van der Waals surface area (Å²) in [4.78, 5) is 7.07. The van der Waals surface area contributed by atoms with Gasteiger partial charge in [-0.15, -0.1) is 0 Å². The molecule has 8 nitrogen and oxygen atoms in total. The second-order valence-electron chi connectivity index (χ2n) is 7.85. The molecule has 1 aliphatic carbocycles. The highest BCUT2D eigenvalue weighted by Crippen LogP contribution is 2.33. The van der Waals surface area contributed by atoms with Gasteiger partial charge < -0.3 is 15.4 Å². The fourth-order valence-corrected chi connectivity index (χ4v) is 4.82. The number of hydrogen-bond acceptors (Lipinski definition) is 5. The minimum absolute atomic E-state index is 0.119. The molecule has 0 amide bonds. The maximum absolute atomic E-state index is 11.4. The Labute approximate surface area is 173 Å². The summed E-state index contributed by atoms with van der Waals surface area (Å²) in [5.41, 5.74) is 1.12. The van der Waals surface area contributed by atoms with Gasteiger partial charge in [-0.05, 0) is 30.5 Å². The quantitative estimate of drug-likeness (QED) is 0.466. The molecule has 0 radical (unpaired) electrons. The van der Waals surface area contributed by atoms with Crippen molar-refractivity contribution in [3.05, 3.63) is 29.8 Å². The van der Waals surface area contributed by atoms with Crippen molar-refractivity contribution < 1.29 is 13.2 Å². The fraction of sp³-hybridized carbons (Fsp3) is 0.650. The van der Waals surface area contributed by atoms with Crippen LogP contribution in [-0.2, 0) is 21.3 Å². The highest BCUT2D eigenvalue weighted by Gasteiger charge is 2.38. The van der Waals surface area contributed by atoms with E-state index in [9.17, 15) is 8.42 Å². The average molecular weight is 424 g/mol. The number of nitrogens with one attached hydrogen (secondary N) is 2. The van der Waals surface area contributed by atoms with Gasteiger partial charge in [-0.2, -0.15) is 0 Å². The minimum Gasteiger partial charge on any atom is -0.379 e. The van der Waals surface area contributed by atoms with E-state index >= 15 is 0 Å². The Hall–Kier alpha value is -1.68. The van der Waals surface area contributed by atoms with Crippen LogP contribution in [0.25, 0.3) is 0 Å². The van der Waals surface area contributed by atoms with Crippen LogP contribution < -0.4 is 15.8 Å². The summed E-state index contributed by atoms with van der Waals surface area (Å²) in [7, 11) is -1.90. The summed E-state index contributed by atoms with van der Waals surface area (Å²) in [6.45, 7) is 5.01. The molecule has 1 heterocycles. The SMILES string of the molecule is CN=C(NCc1ccc(S(N)(=O)=O)cc1)NCC1(N2CCOCC2)CCCCC1. The van der Waals surface area contributed by atoms with Gasteiger partial charge in [0.25, 0.3) is 0 Å². The van der Waals surface area contributed by atoms with E-state index in [0.717, 1.165) is 44.4 Å². The number of morpholine rings is 1. The standard InChI is InChI=1S/C20H33N5O3S/c1-22-19(23-15-17-5-7-18(8-6-17)29(21,26)27)24-16-20(9-3-2-4-10-20)25-11-13-28-14-12-25/h5-8H,2-4,9-16H2,1H3,(H2,21,26,27)(H2,22,23,24). The van der Waals surface area contributed by atoms with Crippen LogP contribution in [0.4, 0.5) is 0 Å². The lowest BCUT2D eigenvalue weighted by Gasteiger charge is -2.48. The van der Waals surface area contributed by atoms with Crippen LogP contribution in [0.3, 0.4) is 0 Å². The van der Waals surface area contributed by atoms with Crippen LogP contribution in [0.15, 0.2) is 34.2 Å². The highest BCUT2D eigenvalue weighted by atomic mass is 32.2. The lowest BCUT2D eigenvalue weighted by atomic mass is 9.80. The third-order valence-electron chi connectivity index (χ3n) is 5.99. The van der Waals surface area contributed by atoms with E-state index in [1.807, 2.05) is 0 Å². The molecule has 1 aromatic rings. The van der Waals surface area contributed by atoms with Gasteiger partial charge in [-0.1, -0.05) is 31.4 Å². The summed E-state index contributed by atoms with van der Waals surface area (Å²) in [6, 6.07) is 6.57. The van der Waals surface area contributed by atoms with Crippen LogP contribution in [0, 0.1) is 0 Å². The molecule has 1 saturated carbocycles. The van der Waals surface area contributed by atoms with Crippen molar-refractivity contribution >= 4 is 16.0 Å². The Kier molecular flexibility index (Phi) is 7.50. The average Bonchev–Trinajstić information content (AvgIpc) is 2.75. The van der Waals surface area contributed by atoms with Gasteiger partial charge in [0.05, 0.1) is 18.1 Å². The van der Waals surface area contributed by atoms with Crippen LogP contribution in [0.1, 0.15) is 37.7 Å². The van der Waals surface area contributed by atoms with Crippen molar-refractivity contribution in [1.29, 1.82) is 0 Å². The first-order valence-corrected chi connectivity index (χ1v) is 11.9. The first-order chi connectivity index (χ1) is 13.9. The first-order valence-electron chi connectivity index (χ1n) is 10.3. The fourth-order valence-electron chi connectivity index (χ4n) is 4.30. The zero-order valence-electron chi connectivity index (χ0n) is 17.2. The van der Waals surface area contributed by atoms with E-state index in [2.05, 4.69) is 20.5 Å². The van der Waals surface area contributed by atoms with E-state index in [0.29, 0.717) is 6.54 Å². The predicted molar refractivity (Wildman–Crippen MR) is 114 cm³/mol. The molecule has 4 N–H and O–H groups in total. The summed E-state index contributed by atoms with van der Waals surface area (Å²) >= 11 is 0. The topological polar surface area (TPSA) is 109 Å². The van der Waals surface area contributed by atoms with Gasteiger partial charge in [0, 0.05) is 38.8 Å². The van der Waals surface area contributed by atoms with Gasteiger partial charge in [0.2, 0.25) is 10.0 Å². The number of hydrogen-bond donors (Lipinski definition) is 3. The van der Waals surface area contributed by atoms with E-state index in [1.165, 1.54) is 44.2 Å². The number of benzene rings is 1.